The number of halogens is 6. The summed E-state index contributed by atoms with van der Waals surface area (Å²) in [5.74, 6) is -5.12. The van der Waals surface area contributed by atoms with Gasteiger partial charge >= 0.3 is 6.11 Å². The van der Waals surface area contributed by atoms with Crippen LogP contribution in [0.25, 0.3) is 22.3 Å². The molecule has 0 spiro atoms. The molecule has 5 rings (SSSR count). The fourth-order valence-electron chi connectivity index (χ4n) is 5.11. The Balaban J connectivity index is 1.30. The van der Waals surface area contributed by atoms with Crippen molar-refractivity contribution < 1.29 is 31.1 Å². The highest BCUT2D eigenvalue weighted by atomic mass is 19.3. The second-order valence-corrected chi connectivity index (χ2v) is 10.2. The third-order valence-electron chi connectivity index (χ3n) is 7.44. The zero-order chi connectivity index (χ0) is 27.7. The van der Waals surface area contributed by atoms with Crippen molar-refractivity contribution in [3.8, 4) is 28.0 Å². The van der Waals surface area contributed by atoms with E-state index in [9.17, 15) is 22.0 Å². The molecule has 0 atom stereocenters. The van der Waals surface area contributed by atoms with Gasteiger partial charge in [0.2, 0.25) is 0 Å². The number of hydrogen-bond acceptors (Lipinski definition) is 1. The van der Waals surface area contributed by atoms with Crippen LogP contribution in [0.3, 0.4) is 0 Å². The Morgan fingerprint density at radius 2 is 1.21 bits per heavy atom. The second-order valence-electron chi connectivity index (χ2n) is 10.2. The van der Waals surface area contributed by atoms with Crippen LogP contribution in [0.4, 0.5) is 26.3 Å². The summed E-state index contributed by atoms with van der Waals surface area (Å²) in [4.78, 5) is 0. The van der Waals surface area contributed by atoms with Gasteiger partial charge in [0.05, 0.1) is 5.56 Å². The molecule has 0 radical (unpaired) electrons. The normalized spacial score (nSPS) is 17.7. The maximum atomic E-state index is 15.1. The molecule has 4 aromatic carbocycles. The van der Waals surface area contributed by atoms with Crippen LogP contribution in [0.5, 0.6) is 5.75 Å². The highest BCUT2D eigenvalue weighted by molar-refractivity contribution is 5.71. The highest BCUT2D eigenvalue weighted by Gasteiger charge is 2.35. The average molecular weight is 541 g/mol. The third-order valence-corrected chi connectivity index (χ3v) is 7.44. The highest BCUT2D eigenvalue weighted by Crippen LogP contribution is 2.37. The lowest BCUT2D eigenvalue weighted by Gasteiger charge is -2.26. The number of hydrogen-bond donors (Lipinski definition) is 0. The van der Waals surface area contributed by atoms with Crippen LogP contribution in [-0.2, 0) is 6.11 Å². The third kappa shape index (κ3) is 5.82. The van der Waals surface area contributed by atoms with E-state index in [-0.39, 0.29) is 5.56 Å². The molecule has 0 N–H and O–H groups in total. The maximum absolute atomic E-state index is 15.1. The van der Waals surface area contributed by atoms with Crippen molar-refractivity contribution in [2.24, 2.45) is 5.92 Å². The van der Waals surface area contributed by atoms with Gasteiger partial charge in [-0.25, -0.2) is 17.6 Å². The average Bonchev–Trinajstić information content (AvgIpc) is 2.92. The molecule has 1 saturated carbocycles. The molecule has 0 amide bonds. The van der Waals surface area contributed by atoms with E-state index in [4.69, 9.17) is 0 Å². The molecule has 0 aliphatic heterocycles. The quantitative estimate of drug-likeness (QED) is 0.175. The van der Waals surface area contributed by atoms with E-state index < -0.39 is 40.7 Å². The Kier molecular flexibility index (Phi) is 7.43. The minimum absolute atomic E-state index is 0.227. The van der Waals surface area contributed by atoms with Crippen molar-refractivity contribution in [3.63, 3.8) is 0 Å². The Hall–Kier alpha value is -3.74. The first kappa shape index (κ1) is 26.9. The Labute approximate surface area is 223 Å². The fraction of sp³-hybridized carbons (Fsp3) is 0.250. The van der Waals surface area contributed by atoms with Crippen LogP contribution in [0.1, 0.15) is 49.7 Å². The molecule has 202 valence electrons. The molecule has 0 heterocycles. The van der Waals surface area contributed by atoms with Gasteiger partial charge in [0.25, 0.3) is 0 Å². The molecule has 0 bridgehead atoms. The molecular weight excluding hydrogens is 514 g/mol. The molecule has 1 aliphatic carbocycles. The van der Waals surface area contributed by atoms with E-state index in [0.29, 0.717) is 29.2 Å². The van der Waals surface area contributed by atoms with Crippen LogP contribution >= 0.6 is 0 Å². The minimum Gasteiger partial charge on any atom is -0.429 e. The first-order valence-corrected chi connectivity index (χ1v) is 12.8. The van der Waals surface area contributed by atoms with Crippen LogP contribution in [0.2, 0.25) is 0 Å². The summed E-state index contributed by atoms with van der Waals surface area (Å²) in [6.07, 6.45) is 0.867. The van der Waals surface area contributed by atoms with Crippen molar-refractivity contribution in [1.82, 2.24) is 0 Å². The number of ether oxygens (including phenoxy) is 1. The van der Waals surface area contributed by atoms with Gasteiger partial charge in [-0.05, 0) is 65.1 Å². The van der Waals surface area contributed by atoms with Gasteiger partial charge in [-0.1, -0.05) is 68.3 Å². The second kappa shape index (κ2) is 10.8. The topological polar surface area (TPSA) is 9.23 Å². The molecule has 7 heteroatoms. The lowest BCUT2D eigenvalue weighted by Crippen LogP contribution is -2.22. The maximum Gasteiger partial charge on any atom is 0.426 e. The first-order valence-electron chi connectivity index (χ1n) is 12.8. The van der Waals surface area contributed by atoms with Crippen molar-refractivity contribution in [1.29, 1.82) is 0 Å². The predicted molar refractivity (Wildman–Crippen MR) is 138 cm³/mol. The van der Waals surface area contributed by atoms with Crippen molar-refractivity contribution >= 4 is 0 Å². The zero-order valence-corrected chi connectivity index (χ0v) is 21.2. The fourth-order valence-corrected chi connectivity index (χ4v) is 5.11. The van der Waals surface area contributed by atoms with Crippen molar-refractivity contribution in [2.45, 2.75) is 44.6 Å². The summed E-state index contributed by atoms with van der Waals surface area (Å²) in [5, 5.41) is 0. The standard InChI is InChI=1S/C32H26F6O/c1-19-2-4-20(5-3-19)21-6-8-22(9-7-21)24-12-15-27(28(33)16-24)23-10-13-25(14-11-23)32(37,38)39-26-17-29(34)31(36)30(35)18-26/h6-20H,2-5H2,1H3. The van der Waals surface area contributed by atoms with Gasteiger partial charge in [-0.3, -0.25) is 0 Å². The van der Waals surface area contributed by atoms with E-state index >= 15 is 4.39 Å². The smallest absolute Gasteiger partial charge is 0.426 e. The van der Waals surface area contributed by atoms with Gasteiger partial charge in [0.15, 0.2) is 17.5 Å². The molecule has 1 nitrogen and oxygen atoms in total. The molecule has 1 fully saturated rings. The molecule has 0 aromatic heterocycles. The molecule has 39 heavy (non-hydrogen) atoms. The molecule has 4 aromatic rings. The summed E-state index contributed by atoms with van der Waals surface area (Å²) in [6, 6.07) is 18.3. The number of alkyl halides is 2. The summed E-state index contributed by atoms with van der Waals surface area (Å²) in [7, 11) is 0. The van der Waals surface area contributed by atoms with Crippen LogP contribution in [0.15, 0.2) is 78.9 Å². The van der Waals surface area contributed by atoms with Crippen LogP contribution in [0, 0.1) is 29.2 Å². The predicted octanol–water partition coefficient (Wildman–Crippen LogP) is 10.00. The van der Waals surface area contributed by atoms with Gasteiger partial charge in [0.1, 0.15) is 11.6 Å². The van der Waals surface area contributed by atoms with Crippen molar-refractivity contribution in [2.75, 3.05) is 0 Å². The number of benzene rings is 4. The van der Waals surface area contributed by atoms with Gasteiger partial charge in [-0.15, -0.1) is 0 Å². The monoisotopic (exact) mass is 540 g/mol. The van der Waals surface area contributed by atoms with Crippen molar-refractivity contribution in [3.05, 3.63) is 113 Å². The van der Waals surface area contributed by atoms with E-state index in [0.717, 1.165) is 23.6 Å². The van der Waals surface area contributed by atoms with E-state index in [1.165, 1.54) is 49.4 Å². The number of rotatable bonds is 6. The summed E-state index contributed by atoms with van der Waals surface area (Å²) in [6.45, 7) is 2.29. The SMILES string of the molecule is CC1CCC(c2ccc(-c3ccc(-c4ccc(C(F)(F)Oc5cc(F)c(F)c(F)c5)cc4)c(F)c3)cc2)CC1. The summed E-state index contributed by atoms with van der Waals surface area (Å²) < 4.78 is 88.5. The van der Waals surface area contributed by atoms with E-state index in [1.54, 1.807) is 12.1 Å². The lowest BCUT2D eigenvalue weighted by atomic mass is 9.79. The zero-order valence-electron chi connectivity index (χ0n) is 21.2. The lowest BCUT2D eigenvalue weighted by molar-refractivity contribution is -0.185. The van der Waals surface area contributed by atoms with Gasteiger partial charge in [0, 0.05) is 17.7 Å². The van der Waals surface area contributed by atoms with Gasteiger partial charge < -0.3 is 4.74 Å². The molecular formula is C32H26F6O. The summed E-state index contributed by atoms with van der Waals surface area (Å²) >= 11 is 0. The summed E-state index contributed by atoms with van der Waals surface area (Å²) in [5.41, 5.74) is 2.85. The Morgan fingerprint density at radius 1 is 0.641 bits per heavy atom. The van der Waals surface area contributed by atoms with E-state index in [2.05, 4.69) is 23.8 Å². The Bertz CT molecular complexity index is 1430. The van der Waals surface area contributed by atoms with Crippen LogP contribution in [-0.4, -0.2) is 0 Å². The molecule has 1 aliphatic rings. The largest absolute Gasteiger partial charge is 0.429 e. The minimum atomic E-state index is -3.97. The van der Waals surface area contributed by atoms with Crippen LogP contribution < -0.4 is 4.74 Å². The Morgan fingerprint density at radius 3 is 1.79 bits per heavy atom. The first-order chi connectivity index (χ1) is 18.6. The van der Waals surface area contributed by atoms with E-state index in [1.807, 2.05) is 12.1 Å². The van der Waals surface area contributed by atoms with Gasteiger partial charge in [-0.2, -0.15) is 8.78 Å². The molecule has 0 saturated heterocycles. The molecule has 0 unspecified atom stereocenters.